The van der Waals surface area contributed by atoms with Crippen LogP contribution >= 0.6 is 0 Å². The summed E-state index contributed by atoms with van der Waals surface area (Å²) in [5.41, 5.74) is 2.07. The van der Waals surface area contributed by atoms with E-state index in [0.29, 0.717) is 0 Å². The van der Waals surface area contributed by atoms with Gasteiger partial charge in [0.1, 0.15) is 12.2 Å². The summed E-state index contributed by atoms with van der Waals surface area (Å²) in [7, 11) is 3.43. The van der Waals surface area contributed by atoms with E-state index in [1.165, 1.54) is 0 Å². The minimum atomic E-state index is 0.0850. The first kappa shape index (κ1) is 12.4. The van der Waals surface area contributed by atoms with Crippen LogP contribution in [0.25, 0.3) is 0 Å². The quantitative estimate of drug-likeness (QED) is 0.849. The van der Waals surface area contributed by atoms with Gasteiger partial charge >= 0.3 is 0 Å². The number of methoxy groups -OCH3 is 2. The van der Waals surface area contributed by atoms with Crippen LogP contribution in [0.5, 0.6) is 0 Å². The van der Waals surface area contributed by atoms with Crippen LogP contribution in [0, 0.1) is 0 Å². The van der Waals surface area contributed by atoms with Crippen molar-refractivity contribution in [2.45, 2.75) is 18.8 Å². The third-order valence-electron chi connectivity index (χ3n) is 3.30. The van der Waals surface area contributed by atoms with Crippen molar-refractivity contribution in [3.8, 4) is 0 Å². The number of anilines is 1. The van der Waals surface area contributed by atoms with Gasteiger partial charge in [0.15, 0.2) is 0 Å². The van der Waals surface area contributed by atoms with Crippen LogP contribution in [0.3, 0.4) is 0 Å². The summed E-state index contributed by atoms with van der Waals surface area (Å²) >= 11 is 0. The molecule has 4 nitrogen and oxygen atoms in total. The Balaban J connectivity index is 2.07. The number of ether oxygens (including phenoxy) is 2. The Labute approximate surface area is 102 Å². The van der Waals surface area contributed by atoms with Crippen LogP contribution in [-0.2, 0) is 16.1 Å². The number of benzene rings is 1. The van der Waals surface area contributed by atoms with Gasteiger partial charge in [-0.3, -0.25) is 0 Å². The molecule has 1 aromatic rings. The van der Waals surface area contributed by atoms with Crippen molar-refractivity contribution in [1.82, 2.24) is 0 Å². The van der Waals surface area contributed by atoms with Gasteiger partial charge in [-0.2, -0.15) is 0 Å². The Hall–Kier alpha value is -1.10. The molecule has 1 aliphatic heterocycles. The molecule has 2 unspecified atom stereocenters. The smallest absolute Gasteiger partial charge is 0.102 e. The fraction of sp³-hybridized carbons (Fsp3) is 0.538. The highest BCUT2D eigenvalue weighted by atomic mass is 16.5. The Morgan fingerprint density at radius 2 is 1.65 bits per heavy atom. The van der Waals surface area contributed by atoms with E-state index >= 15 is 0 Å². The van der Waals surface area contributed by atoms with Crippen molar-refractivity contribution >= 4 is 5.69 Å². The second-order valence-corrected chi connectivity index (χ2v) is 4.28. The number of rotatable bonds is 4. The van der Waals surface area contributed by atoms with Gasteiger partial charge in [-0.1, -0.05) is 12.1 Å². The van der Waals surface area contributed by atoms with Gasteiger partial charge in [-0.15, -0.1) is 0 Å². The van der Waals surface area contributed by atoms with Crippen molar-refractivity contribution in [1.29, 1.82) is 0 Å². The molecule has 0 aliphatic carbocycles. The largest absolute Gasteiger partial charge is 0.392 e. The zero-order valence-electron chi connectivity index (χ0n) is 10.3. The number of hydrogen-bond donors (Lipinski definition) is 1. The molecule has 0 amide bonds. The SMILES string of the molecule is COC1CN(c2ccc(CO)cc2)CC1OC. The fourth-order valence-corrected chi connectivity index (χ4v) is 2.22. The van der Waals surface area contributed by atoms with Crippen LogP contribution in [0.1, 0.15) is 5.56 Å². The summed E-state index contributed by atoms with van der Waals surface area (Å²) in [5.74, 6) is 0. The van der Waals surface area contributed by atoms with Crippen LogP contribution in [0.2, 0.25) is 0 Å². The summed E-state index contributed by atoms with van der Waals surface area (Å²) in [6.45, 7) is 1.77. The Kier molecular flexibility index (Phi) is 3.99. The van der Waals surface area contributed by atoms with E-state index in [9.17, 15) is 0 Å². The first-order valence-corrected chi connectivity index (χ1v) is 5.78. The van der Waals surface area contributed by atoms with Crippen LogP contribution in [0.4, 0.5) is 5.69 Å². The molecule has 0 radical (unpaired) electrons. The zero-order chi connectivity index (χ0) is 12.3. The zero-order valence-corrected chi connectivity index (χ0v) is 10.3. The third kappa shape index (κ3) is 2.60. The average Bonchev–Trinajstić information content (AvgIpc) is 2.82. The molecule has 94 valence electrons. The lowest BCUT2D eigenvalue weighted by atomic mass is 10.2. The highest BCUT2D eigenvalue weighted by Crippen LogP contribution is 2.23. The molecule has 1 fully saturated rings. The van der Waals surface area contributed by atoms with Crippen LogP contribution in [-0.4, -0.2) is 44.6 Å². The number of nitrogens with zero attached hydrogens (tertiary/aromatic N) is 1. The van der Waals surface area contributed by atoms with Gasteiger partial charge in [0.05, 0.1) is 6.61 Å². The van der Waals surface area contributed by atoms with Gasteiger partial charge in [0, 0.05) is 33.0 Å². The van der Waals surface area contributed by atoms with Crippen molar-refractivity contribution in [2.75, 3.05) is 32.2 Å². The van der Waals surface area contributed by atoms with E-state index in [1.807, 2.05) is 24.3 Å². The molecule has 1 aromatic carbocycles. The van der Waals surface area contributed by atoms with E-state index in [2.05, 4.69) is 4.90 Å². The molecule has 1 heterocycles. The Morgan fingerprint density at radius 3 is 2.06 bits per heavy atom. The molecule has 1 aliphatic rings. The fourth-order valence-electron chi connectivity index (χ4n) is 2.22. The maximum Gasteiger partial charge on any atom is 0.102 e. The van der Waals surface area contributed by atoms with E-state index in [0.717, 1.165) is 24.3 Å². The standard InChI is InChI=1S/C13H19NO3/c1-16-12-7-14(8-13(12)17-2)11-5-3-10(9-15)4-6-11/h3-6,12-13,15H,7-9H2,1-2H3. The van der Waals surface area contributed by atoms with Gasteiger partial charge in [0.25, 0.3) is 0 Å². The van der Waals surface area contributed by atoms with Crippen molar-refractivity contribution in [2.24, 2.45) is 0 Å². The van der Waals surface area contributed by atoms with Gasteiger partial charge in [-0.25, -0.2) is 0 Å². The van der Waals surface area contributed by atoms with Gasteiger partial charge < -0.3 is 19.5 Å². The summed E-state index contributed by atoms with van der Waals surface area (Å²) in [6, 6.07) is 7.93. The van der Waals surface area contributed by atoms with Crippen molar-refractivity contribution in [3.05, 3.63) is 29.8 Å². The normalized spacial score (nSPS) is 24.3. The molecule has 2 atom stereocenters. The first-order valence-electron chi connectivity index (χ1n) is 5.78. The molecule has 17 heavy (non-hydrogen) atoms. The summed E-state index contributed by atoms with van der Waals surface area (Å²) in [4.78, 5) is 2.24. The van der Waals surface area contributed by atoms with E-state index < -0.39 is 0 Å². The monoisotopic (exact) mass is 237 g/mol. The lowest BCUT2D eigenvalue weighted by Gasteiger charge is -2.18. The molecule has 1 N–H and O–H groups in total. The molecule has 0 spiro atoms. The van der Waals surface area contributed by atoms with E-state index in [4.69, 9.17) is 14.6 Å². The van der Waals surface area contributed by atoms with Gasteiger partial charge in [-0.05, 0) is 17.7 Å². The van der Waals surface area contributed by atoms with Gasteiger partial charge in [0.2, 0.25) is 0 Å². The van der Waals surface area contributed by atoms with Crippen LogP contribution < -0.4 is 4.90 Å². The summed E-state index contributed by atoms with van der Waals surface area (Å²) < 4.78 is 10.8. The Bertz CT molecular complexity index is 340. The van der Waals surface area contributed by atoms with E-state index in [1.54, 1.807) is 14.2 Å². The molecule has 1 saturated heterocycles. The molecular weight excluding hydrogens is 218 g/mol. The molecule has 0 aromatic heterocycles. The second kappa shape index (κ2) is 5.49. The highest BCUT2D eigenvalue weighted by Gasteiger charge is 2.32. The lowest BCUT2D eigenvalue weighted by Crippen LogP contribution is -2.27. The maximum absolute atomic E-state index is 9.00. The maximum atomic E-state index is 9.00. The lowest BCUT2D eigenvalue weighted by molar-refractivity contribution is -0.00461. The minimum absolute atomic E-state index is 0.0850. The predicted octanol–water partition coefficient (Wildman–Crippen LogP) is 1.03. The number of aliphatic hydroxyl groups is 1. The molecule has 0 saturated carbocycles. The van der Waals surface area contributed by atoms with E-state index in [-0.39, 0.29) is 18.8 Å². The summed E-state index contributed by atoms with van der Waals surface area (Å²) in [5, 5.41) is 9.00. The van der Waals surface area contributed by atoms with Crippen molar-refractivity contribution < 1.29 is 14.6 Å². The topological polar surface area (TPSA) is 41.9 Å². The summed E-state index contributed by atoms with van der Waals surface area (Å²) in [6.07, 6.45) is 0.245. The van der Waals surface area contributed by atoms with Crippen molar-refractivity contribution in [3.63, 3.8) is 0 Å². The molecule has 4 heteroatoms. The first-order chi connectivity index (χ1) is 8.28. The Morgan fingerprint density at radius 1 is 1.12 bits per heavy atom. The average molecular weight is 237 g/mol. The molecule has 2 rings (SSSR count). The number of aliphatic hydroxyl groups excluding tert-OH is 1. The molecular formula is C13H19NO3. The number of hydrogen-bond acceptors (Lipinski definition) is 4. The predicted molar refractivity (Wildman–Crippen MR) is 66.2 cm³/mol. The second-order valence-electron chi connectivity index (χ2n) is 4.28. The third-order valence-corrected chi connectivity index (χ3v) is 3.30. The van der Waals surface area contributed by atoms with Crippen LogP contribution in [0.15, 0.2) is 24.3 Å². The minimum Gasteiger partial charge on any atom is -0.392 e. The molecule has 0 bridgehead atoms. The highest BCUT2D eigenvalue weighted by molar-refractivity contribution is 5.49.